The zero-order valence-electron chi connectivity index (χ0n) is 9.90. The summed E-state index contributed by atoms with van der Waals surface area (Å²) in [5, 5.41) is 2.74. The molecule has 0 saturated carbocycles. The van der Waals surface area contributed by atoms with Gasteiger partial charge in [-0.3, -0.25) is 4.79 Å². The van der Waals surface area contributed by atoms with E-state index in [4.69, 9.17) is 0 Å². The first-order valence-electron chi connectivity index (χ1n) is 5.64. The largest absolute Gasteiger partial charge is 0.336 e. The Bertz CT molecular complexity index is 388. The van der Waals surface area contributed by atoms with Crippen LogP contribution < -0.4 is 0 Å². The molecule has 1 aromatic rings. The Morgan fingerprint density at radius 3 is 3.00 bits per heavy atom. The summed E-state index contributed by atoms with van der Waals surface area (Å²) in [6, 6.07) is 2.47. The smallest absolute Gasteiger partial charge is 0.219 e. The molecule has 0 unspecified atom stereocenters. The number of fused-ring (bicyclic) bond motifs is 1. The third-order valence-corrected chi connectivity index (χ3v) is 5.35. The van der Waals surface area contributed by atoms with E-state index in [0.717, 1.165) is 13.0 Å². The van der Waals surface area contributed by atoms with Crippen molar-refractivity contribution < 1.29 is 4.79 Å². The van der Waals surface area contributed by atoms with Crippen molar-refractivity contribution >= 4 is 29.0 Å². The molecule has 0 N–H and O–H groups in total. The van der Waals surface area contributed by atoms with Gasteiger partial charge in [-0.1, -0.05) is 6.92 Å². The summed E-state index contributed by atoms with van der Waals surface area (Å²) >= 11 is 3.74. The Morgan fingerprint density at radius 2 is 2.38 bits per heavy atom. The lowest BCUT2D eigenvalue weighted by molar-refractivity contribution is -0.131. The molecule has 4 heteroatoms. The number of amides is 1. The zero-order chi connectivity index (χ0) is 11.7. The third-order valence-electron chi connectivity index (χ3n) is 3.00. The van der Waals surface area contributed by atoms with Crippen molar-refractivity contribution in [1.29, 1.82) is 0 Å². The summed E-state index contributed by atoms with van der Waals surface area (Å²) in [6.07, 6.45) is 1.07. The van der Waals surface area contributed by atoms with Gasteiger partial charge in [-0.25, -0.2) is 0 Å². The molecule has 1 amide bonds. The van der Waals surface area contributed by atoms with Gasteiger partial charge in [0.1, 0.15) is 0 Å². The normalized spacial score (nSPS) is 23.9. The van der Waals surface area contributed by atoms with Crippen LogP contribution in [0.25, 0.3) is 0 Å². The van der Waals surface area contributed by atoms with Gasteiger partial charge in [0.2, 0.25) is 5.91 Å². The molecule has 1 aliphatic heterocycles. The van der Waals surface area contributed by atoms with E-state index in [1.165, 1.54) is 9.77 Å². The Morgan fingerprint density at radius 1 is 1.62 bits per heavy atom. The Balaban J connectivity index is 2.32. The van der Waals surface area contributed by atoms with Gasteiger partial charge in [-0.2, -0.15) is 0 Å². The molecular weight excluding hydrogens is 238 g/mol. The topological polar surface area (TPSA) is 20.3 Å². The lowest BCUT2D eigenvalue weighted by atomic mass is 10.0. The van der Waals surface area contributed by atoms with Crippen LogP contribution >= 0.6 is 23.1 Å². The van der Waals surface area contributed by atoms with Crippen LogP contribution in [0, 0.1) is 0 Å². The van der Waals surface area contributed by atoms with Crippen LogP contribution in [0.3, 0.4) is 0 Å². The Labute approximate surface area is 105 Å². The maximum atomic E-state index is 11.6. The van der Waals surface area contributed by atoms with E-state index in [1.807, 2.05) is 16.7 Å². The number of hydrogen-bond donors (Lipinski definition) is 0. The van der Waals surface area contributed by atoms with Crippen LogP contribution in [0.5, 0.6) is 0 Å². The molecule has 2 atom stereocenters. The fourth-order valence-corrected chi connectivity index (χ4v) is 4.82. The van der Waals surface area contributed by atoms with E-state index in [1.54, 1.807) is 18.3 Å². The minimum atomic E-state index is 0.184. The lowest BCUT2D eigenvalue weighted by Gasteiger charge is -2.35. The molecule has 0 spiro atoms. The molecule has 2 heterocycles. The van der Waals surface area contributed by atoms with Gasteiger partial charge < -0.3 is 4.90 Å². The number of hydrogen-bond acceptors (Lipinski definition) is 3. The highest BCUT2D eigenvalue weighted by molar-refractivity contribution is 8.01. The third kappa shape index (κ3) is 2.13. The molecule has 0 aromatic carbocycles. The van der Waals surface area contributed by atoms with E-state index in [-0.39, 0.29) is 5.91 Å². The first kappa shape index (κ1) is 12.0. The highest BCUT2D eigenvalue weighted by Crippen LogP contribution is 2.45. The highest BCUT2D eigenvalue weighted by Gasteiger charge is 2.31. The molecule has 88 valence electrons. The van der Waals surface area contributed by atoms with E-state index in [2.05, 4.69) is 25.3 Å². The fraction of sp³-hybridized carbons (Fsp3) is 0.583. The lowest BCUT2D eigenvalue weighted by Crippen LogP contribution is -2.35. The molecule has 2 rings (SSSR count). The van der Waals surface area contributed by atoms with Crippen LogP contribution in [0.1, 0.15) is 38.8 Å². The van der Waals surface area contributed by atoms with Gasteiger partial charge in [0, 0.05) is 18.7 Å². The maximum Gasteiger partial charge on any atom is 0.219 e. The van der Waals surface area contributed by atoms with Crippen molar-refractivity contribution in [3.8, 4) is 0 Å². The quantitative estimate of drug-likeness (QED) is 0.805. The van der Waals surface area contributed by atoms with Crippen molar-refractivity contribution in [2.75, 3.05) is 6.54 Å². The summed E-state index contributed by atoms with van der Waals surface area (Å²) in [7, 11) is 0. The second-order valence-electron chi connectivity index (χ2n) is 4.15. The average Bonchev–Trinajstić information content (AvgIpc) is 2.65. The number of nitrogens with zero attached hydrogens (tertiary/aromatic N) is 1. The van der Waals surface area contributed by atoms with Crippen LogP contribution in [-0.4, -0.2) is 22.6 Å². The number of rotatable bonds is 2. The predicted molar refractivity (Wildman–Crippen MR) is 70.1 cm³/mol. The summed E-state index contributed by atoms with van der Waals surface area (Å²) < 4.78 is 1.39. The van der Waals surface area contributed by atoms with Gasteiger partial charge >= 0.3 is 0 Å². The Hall–Kier alpha value is -0.480. The monoisotopic (exact) mass is 255 g/mol. The van der Waals surface area contributed by atoms with Crippen molar-refractivity contribution in [1.82, 2.24) is 4.90 Å². The fourth-order valence-electron chi connectivity index (χ4n) is 2.28. The second kappa shape index (κ2) is 4.80. The predicted octanol–water partition coefficient (Wildman–Crippen LogP) is 3.54. The Kier molecular flexibility index (Phi) is 3.60. The van der Waals surface area contributed by atoms with E-state index >= 15 is 0 Å². The van der Waals surface area contributed by atoms with Crippen molar-refractivity contribution in [2.45, 2.75) is 42.7 Å². The van der Waals surface area contributed by atoms with Gasteiger partial charge in [0.05, 0.1) is 10.3 Å². The molecule has 0 radical (unpaired) electrons. The van der Waals surface area contributed by atoms with E-state index in [0.29, 0.717) is 11.3 Å². The standard InChI is InChI=1S/C12H17NOS2/c1-4-13(9(3)14)11-7-8(2)16-12-10(11)5-6-15-12/h5-6,8,11H,4,7H2,1-3H3/t8-,11-/m0/s1. The van der Waals surface area contributed by atoms with E-state index < -0.39 is 0 Å². The average molecular weight is 255 g/mol. The van der Waals surface area contributed by atoms with Gasteiger partial charge in [-0.15, -0.1) is 23.1 Å². The molecule has 0 aliphatic carbocycles. The maximum absolute atomic E-state index is 11.6. The SMILES string of the molecule is CCN(C(C)=O)[C@H]1C[C@H](C)Sc2sccc21. The number of carbonyl (C=O) groups excluding carboxylic acids is 1. The van der Waals surface area contributed by atoms with Crippen LogP contribution in [0.15, 0.2) is 15.7 Å². The number of carbonyl (C=O) groups is 1. The van der Waals surface area contributed by atoms with Crippen molar-refractivity contribution in [3.05, 3.63) is 17.0 Å². The van der Waals surface area contributed by atoms with Gasteiger partial charge in [0.15, 0.2) is 0 Å². The number of thiophene rings is 1. The van der Waals surface area contributed by atoms with Crippen LogP contribution in [0.4, 0.5) is 0 Å². The highest BCUT2D eigenvalue weighted by atomic mass is 32.2. The molecular formula is C12H17NOS2. The minimum Gasteiger partial charge on any atom is -0.336 e. The molecule has 0 saturated heterocycles. The van der Waals surface area contributed by atoms with Crippen molar-refractivity contribution in [2.24, 2.45) is 0 Å². The van der Waals surface area contributed by atoms with Crippen LogP contribution in [0.2, 0.25) is 0 Å². The first-order chi connectivity index (χ1) is 7.63. The zero-order valence-corrected chi connectivity index (χ0v) is 11.5. The molecule has 16 heavy (non-hydrogen) atoms. The summed E-state index contributed by atoms with van der Waals surface area (Å²) in [4.78, 5) is 13.6. The van der Waals surface area contributed by atoms with Crippen LogP contribution in [-0.2, 0) is 4.79 Å². The molecule has 0 bridgehead atoms. The second-order valence-corrected chi connectivity index (χ2v) is 6.77. The molecule has 1 aromatic heterocycles. The van der Waals surface area contributed by atoms with Gasteiger partial charge in [0.25, 0.3) is 0 Å². The molecule has 0 fully saturated rings. The summed E-state index contributed by atoms with van der Waals surface area (Å²) in [5.41, 5.74) is 1.35. The molecule has 1 aliphatic rings. The minimum absolute atomic E-state index is 0.184. The van der Waals surface area contributed by atoms with Gasteiger partial charge in [-0.05, 0) is 30.4 Å². The summed E-state index contributed by atoms with van der Waals surface area (Å²) in [6.45, 7) is 6.77. The van der Waals surface area contributed by atoms with Crippen molar-refractivity contribution in [3.63, 3.8) is 0 Å². The van der Waals surface area contributed by atoms with E-state index in [9.17, 15) is 4.79 Å². The molecule has 2 nitrogen and oxygen atoms in total. The number of thioether (sulfide) groups is 1. The first-order valence-corrected chi connectivity index (χ1v) is 7.40. The summed E-state index contributed by atoms with van der Waals surface area (Å²) in [5.74, 6) is 0.184.